The van der Waals surface area contributed by atoms with Crippen LogP contribution in [0.1, 0.15) is 41.0 Å². The molecule has 3 aromatic rings. The number of nitrogens with zero attached hydrogens (tertiary/aromatic N) is 4. The molecule has 29 heavy (non-hydrogen) atoms. The third-order valence-corrected chi connectivity index (χ3v) is 6.36. The van der Waals surface area contributed by atoms with Gasteiger partial charge in [-0.25, -0.2) is 12.7 Å². The molecule has 0 aliphatic carbocycles. The van der Waals surface area contributed by atoms with Crippen molar-refractivity contribution in [1.82, 2.24) is 24.7 Å². The third kappa shape index (κ3) is 4.28. The summed E-state index contributed by atoms with van der Waals surface area (Å²) in [5, 5.41) is 8.48. The molecule has 0 bridgehead atoms. The summed E-state index contributed by atoms with van der Waals surface area (Å²) in [6.07, 6.45) is 4.09. The van der Waals surface area contributed by atoms with Crippen LogP contribution in [0.25, 0.3) is 10.8 Å². The van der Waals surface area contributed by atoms with Crippen LogP contribution in [-0.2, 0) is 16.6 Å². The summed E-state index contributed by atoms with van der Waals surface area (Å²) >= 11 is 0. The van der Waals surface area contributed by atoms with E-state index in [1.165, 1.54) is 10.6 Å². The molecule has 1 amide bonds. The van der Waals surface area contributed by atoms with E-state index in [0.717, 1.165) is 10.8 Å². The largest absolute Gasteiger partial charge is 0.342 e. The first-order valence-electron chi connectivity index (χ1n) is 9.31. The molecule has 1 saturated heterocycles. The maximum atomic E-state index is 12.5. The van der Waals surface area contributed by atoms with Crippen molar-refractivity contribution in [3.8, 4) is 0 Å². The highest BCUT2D eigenvalue weighted by Gasteiger charge is 2.28. The van der Waals surface area contributed by atoms with Crippen LogP contribution in [0.2, 0.25) is 0 Å². The molecule has 1 N–H and O–H groups in total. The summed E-state index contributed by atoms with van der Waals surface area (Å²) in [4.78, 5) is 21.1. The average molecular weight is 415 g/mol. The minimum Gasteiger partial charge on any atom is -0.342 e. The summed E-state index contributed by atoms with van der Waals surface area (Å²) in [7, 11) is -3.17. The van der Waals surface area contributed by atoms with Gasteiger partial charge >= 0.3 is 0 Å². The molecule has 1 fully saturated rings. The van der Waals surface area contributed by atoms with E-state index in [1.54, 1.807) is 6.20 Å². The highest BCUT2D eigenvalue weighted by Crippen LogP contribution is 2.27. The molecule has 152 valence electrons. The van der Waals surface area contributed by atoms with E-state index in [-0.39, 0.29) is 18.4 Å². The van der Waals surface area contributed by atoms with E-state index in [4.69, 9.17) is 4.52 Å². The summed E-state index contributed by atoms with van der Waals surface area (Å²) in [5.74, 6) is 0.578. The zero-order chi connectivity index (χ0) is 20.4. The Balaban J connectivity index is 1.38. The molecule has 1 aliphatic heterocycles. The molecule has 0 spiro atoms. The summed E-state index contributed by atoms with van der Waals surface area (Å²) in [6.45, 7) is 0.979. The maximum absolute atomic E-state index is 12.5. The van der Waals surface area contributed by atoms with Gasteiger partial charge in [0.05, 0.1) is 12.8 Å². The Morgan fingerprint density at radius 3 is 2.76 bits per heavy atom. The van der Waals surface area contributed by atoms with Crippen molar-refractivity contribution >= 4 is 26.7 Å². The Hall–Kier alpha value is -2.85. The fourth-order valence-corrected chi connectivity index (χ4v) is 4.37. The number of hydrogen-bond donors (Lipinski definition) is 1. The van der Waals surface area contributed by atoms with Crippen molar-refractivity contribution < 1.29 is 17.7 Å². The van der Waals surface area contributed by atoms with E-state index in [9.17, 15) is 13.2 Å². The number of fused-ring (bicyclic) bond motifs is 1. The highest BCUT2D eigenvalue weighted by atomic mass is 32.2. The van der Waals surface area contributed by atoms with Gasteiger partial charge in [-0.05, 0) is 24.3 Å². The van der Waals surface area contributed by atoms with Crippen molar-refractivity contribution in [3.63, 3.8) is 0 Å². The average Bonchev–Trinajstić information content (AvgIpc) is 3.20. The normalized spacial score (nSPS) is 16.2. The van der Waals surface area contributed by atoms with E-state index in [0.29, 0.717) is 43.3 Å². The number of amides is 1. The Morgan fingerprint density at radius 1 is 1.24 bits per heavy atom. The van der Waals surface area contributed by atoms with Crippen molar-refractivity contribution in [2.24, 2.45) is 0 Å². The lowest BCUT2D eigenvalue weighted by Crippen LogP contribution is -2.37. The zero-order valence-corrected chi connectivity index (χ0v) is 16.7. The molecule has 3 heterocycles. The van der Waals surface area contributed by atoms with Gasteiger partial charge in [0.15, 0.2) is 5.82 Å². The minimum absolute atomic E-state index is 0.0425. The van der Waals surface area contributed by atoms with Gasteiger partial charge in [-0.2, -0.15) is 4.98 Å². The number of benzene rings is 1. The summed E-state index contributed by atoms with van der Waals surface area (Å²) in [6, 6.07) is 9.40. The lowest BCUT2D eigenvalue weighted by Gasteiger charge is -2.28. The van der Waals surface area contributed by atoms with E-state index in [1.807, 2.05) is 30.3 Å². The second-order valence-corrected chi connectivity index (χ2v) is 9.03. The van der Waals surface area contributed by atoms with Gasteiger partial charge in [0.2, 0.25) is 15.9 Å². The van der Waals surface area contributed by atoms with Crippen LogP contribution in [0.15, 0.2) is 41.1 Å². The predicted molar refractivity (Wildman–Crippen MR) is 106 cm³/mol. The van der Waals surface area contributed by atoms with Crippen LogP contribution in [-0.4, -0.2) is 53.1 Å². The highest BCUT2D eigenvalue weighted by molar-refractivity contribution is 7.88. The van der Waals surface area contributed by atoms with E-state index < -0.39 is 10.0 Å². The summed E-state index contributed by atoms with van der Waals surface area (Å²) < 4.78 is 29.9. The van der Waals surface area contributed by atoms with Gasteiger partial charge < -0.3 is 9.84 Å². The fraction of sp³-hybridized carbons (Fsp3) is 0.368. The monoisotopic (exact) mass is 415 g/mol. The zero-order valence-electron chi connectivity index (χ0n) is 15.9. The molecular weight excluding hydrogens is 394 g/mol. The third-order valence-electron chi connectivity index (χ3n) is 5.06. The molecule has 2 aromatic heterocycles. The van der Waals surface area contributed by atoms with Crippen LogP contribution >= 0.6 is 0 Å². The van der Waals surface area contributed by atoms with Gasteiger partial charge in [-0.1, -0.05) is 29.4 Å². The van der Waals surface area contributed by atoms with Crippen LogP contribution in [0.3, 0.4) is 0 Å². The van der Waals surface area contributed by atoms with Gasteiger partial charge in [-0.3, -0.25) is 9.78 Å². The van der Waals surface area contributed by atoms with Gasteiger partial charge in [0.1, 0.15) is 5.69 Å². The Morgan fingerprint density at radius 2 is 2.00 bits per heavy atom. The number of carbonyl (C=O) groups is 1. The number of piperidine rings is 1. The van der Waals surface area contributed by atoms with Gasteiger partial charge in [0, 0.05) is 30.6 Å². The summed E-state index contributed by atoms with van der Waals surface area (Å²) in [5.41, 5.74) is 0.344. The molecule has 10 heteroatoms. The number of nitrogens with one attached hydrogen (secondary N) is 1. The molecule has 0 unspecified atom stereocenters. The minimum atomic E-state index is -3.17. The predicted octanol–water partition coefficient (Wildman–Crippen LogP) is 1.69. The molecular formula is C19H21N5O4S. The number of pyridine rings is 1. The van der Waals surface area contributed by atoms with Crippen molar-refractivity contribution in [2.75, 3.05) is 19.3 Å². The standard InChI is InChI=1S/C19H21N5O4S/c1-29(26,27)24-10-7-14(8-11-24)18-22-16(28-23-18)12-21-19(25)17-15-5-3-2-4-13(15)6-9-20-17/h2-6,9,14H,7-8,10-12H2,1H3,(H,21,25). The first-order valence-corrected chi connectivity index (χ1v) is 11.2. The van der Waals surface area contributed by atoms with Gasteiger partial charge in [-0.15, -0.1) is 0 Å². The maximum Gasteiger partial charge on any atom is 0.270 e. The van der Waals surface area contributed by atoms with E-state index in [2.05, 4.69) is 20.4 Å². The van der Waals surface area contributed by atoms with E-state index >= 15 is 0 Å². The van der Waals surface area contributed by atoms with Crippen LogP contribution in [0.5, 0.6) is 0 Å². The van der Waals surface area contributed by atoms with Crippen molar-refractivity contribution in [2.45, 2.75) is 25.3 Å². The molecule has 0 saturated carbocycles. The second-order valence-electron chi connectivity index (χ2n) is 7.05. The molecule has 1 aliphatic rings. The Labute approximate surface area is 168 Å². The first-order chi connectivity index (χ1) is 13.9. The van der Waals surface area contributed by atoms with Crippen LogP contribution in [0, 0.1) is 0 Å². The second kappa shape index (κ2) is 7.88. The Kier molecular flexibility index (Phi) is 5.29. The number of aromatic nitrogens is 3. The molecule has 0 atom stereocenters. The quantitative estimate of drug-likeness (QED) is 0.673. The molecule has 1 aromatic carbocycles. The van der Waals surface area contributed by atoms with Gasteiger partial charge in [0.25, 0.3) is 5.91 Å². The lowest BCUT2D eigenvalue weighted by atomic mass is 9.98. The molecule has 4 rings (SSSR count). The topological polar surface area (TPSA) is 118 Å². The SMILES string of the molecule is CS(=O)(=O)N1CCC(c2noc(CNC(=O)c3nccc4ccccc34)n2)CC1. The number of rotatable bonds is 5. The van der Waals surface area contributed by atoms with Crippen molar-refractivity contribution in [3.05, 3.63) is 53.9 Å². The smallest absolute Gasteiger partial charge is 0.270 e. The molecule has 0 radical (unpaired) electrons. The molecule has 9 nitrogen and oxygen atoms in total. The fourth-order valence-electron chi connectivity index (χ4n) is 3.49. The number of carbonyl (C=O) groups excluding carboxylic acids is 1. The number of sulfonamides is 1. The number of hydrogen-bond acceptors (Lipinski definition) is 7. The Bertz CT molecular complexity index is 1130. The lowest BCUT2D eigenvalue weighted by molar-refractivity contribution is 0.0943. The van der Waals surface area contributed by atoms with Crippen LogP contribution in [0.4, 0.5) is 0 Å². The van der Waals surface area contributed by atoms with Crippen molar-refractivity contribution in [1.29, 1.82) is 0 Å². The van der Waals surface area contributed by atoms with Crippen LogP contribution < -0.4 is 5.32 Å². The first kappa shape index (κ1) is 19.5.